The van der Waals surface area contributed by atoms with Crippen molar-refractivity contribution in [3.05, 3.63) is 99.5 Å². The Kier molecular flexibility index (Phi) is 5.44. The number of aliphatic hydroxyl groups excluding tert-OH is 1. The minimum absolute atomic E-state index is 0.109. The van der Waals surface area contributed by atoms with E-state index >= 15 is 0 Å². The summed E-state index contributed by atoms with van der Waals surface area (Å²) in [4.78, 5) is 15.0. The van der Waals surface area contributed by atoms with Crippen molar-refractivity contribution >= 4 is 34.3 Å². The second-order valence-electron chi connectivity index (χ2n) is 5.91. The number of halogens is 1. The second-order valence-corrected chi connectivity index (χ2v) is 7.17. The molecule has 0 fully saturated rings. The maximum atomic E-state index is 11.0. The Hall–Kier alpha value is -3.22. The van der Waals surface area contributed by atoms with Crippen LogP contribution in [-0.4, -0.2) is 15.0 Å². The highest BCUT2D eigenvalue weighted by Crippen LogP contribution is 2.35. The molecule has 1 N–H and O–H groups in total. The van der Waals surface area contributed by atoms with Gasteiger partial charge in [-0.2, -0.15) is 0 Å². The van der Waals surface area contributed by atoms with E-state index in [-0.39, 0.29) is 17.0 Å². The Morgan fingerprint density at radius 2 is 1.86 bits per heavy atom. The average molecular weight is 411 g/mol. The lowest BCUT2D eigenvalue weighted by Gasteiger charge is -2.11. The Morgan fingerprint density at radius 1 is 1.14 bits per heavy atom. The van der Waals surface area contributed by atoms with Gasteiger partial charge in [0.2, 0.25) is 0 Å². The molecule has 0 unspecified atom stereocenters. The molecule has 7 heteroatoms. The highest BCUT2D eigenvalue weighted by Gasteiger charge is 2.19. The second kappa shape index (κ2) is 7.80. The molecule has 0 aliphatic rings. The summed E-state index contributed by atoms with van der Waals surface area (Å²) in [5.41, 5.74) is 2.79. The van der Waals surface area contributed by atoms with Gasteiger partial charge in [-0.3, -0.25) is 10.1 Å². The topological polar surface area (TPSA) is 76.3 Å². The summed E-state index contributed by atoms with van der Waals surface area (Å²) in [6, 6.07) is 12.5. The number of thiazole rings is 1. The van der Waals surface area contributed by atoms with Crippen LogP contribution in [0, 0.1) is 10.1 Å². The van der Waals surface area contributed by atoms with Gasteiger partial charge < -0.3 is 5.11 Å². The summed E-state index contributed by atoms with van der Waals surface area (Å²) in [5, 5.41) is 24.2. The predicted molar refractivity (Wildman–Crippen MR) is 115 cm³/mol. The molecule has 0 amide bonds. The molecular weight excluding hydrogens is 396 g/mol. The molecule has 0 spiro atoms. The lowest BCUT2D eigenvalue weighted by atomic mass is 9.96. The fourth-order valence-electron chi connectivity index (χ4n) is 2.64. The first-order valence-electron chi connectivity index (χ1n) is 8.05. The lowest BCUT2D eigenvalue weighted by Crippen LogP contribution is -2.02. The number of rotatable bonds is 6. The maximum absolute atomic E-state index is 11.0. The molecule has 1 aromatic heterocycles. The van der Waals surface area contributed by atoms with Crippen LogP contribution in [-0.2, 0) is 0 Å². The Balaban J connectivity index is 2.03. The molecule has 0 radical (unpaired) electrons. The van der Waals surface area contributed by atoms with Crippen LogP contribution >= 0.6 is 22.9 Å². The van der Waals surface area contributed by atoms with Gasteiger partial charge in [0.15, 0.2) is 0 Å². The van der Waals surface area contributed by atoms with Gasteiger partial charge in [0.25, 0.3) is 5.70 Å². The zero-order valence-corrected chi connectivity index (χ0v) is 16.3. The molecule has 2 aromatic carbocycles. The summed E-state index contributed by atoms with van der Waals surface area (Å²) in [7, 11) is 0. The smallest absolute Gasteiger partial charge is 0.269 e. The molecule has 5 nitrogen and oxygen atoms in total. The van der Waals surface area contributed by atoms with E-state index in [4.69, 9.17) is 11.6 Å². The highest BCUT2D eigenvalue weighted by atomic mass is 35.5. The van der Waals surface area contributed by atoms with Crippen LogP contribution in [0.15, 0.2) is 73.3 Å². The van der Waals surface area contributed by atoms with E-state index in [0.29, 0.717) is 21.2 Å². The van der Waals surface area contributed by atoms with E-state index in [2.05, 4.69) is 24.7 Å². The van der Waals surface area contributed by atoms with Gasteiger partial charge in [0.05, 0.1) is 16.2 Å². The molecule has 0 saturated carbocycles. The number of hydrogen-bond acceptors (Lipinski definition) is 5. The lowest BCUT2D eigenvalue weighted by molar-refractivity contribution is -0.416. The first kappa shape index (κ1) is 19.5. The summed E-state index contributed by atoms with van der Waals surface area (Å²) < 4.78 is 0. The van der Waals surface area contributed by atoms with E-state index in [1.165, 1.54) is 11.3 Å². The average Bonchev–Trinajstić information content (AvgIpc) is 3.16. The zero-order valence-electron chi connectivity index (χ0n) is 14.7. The van der Waals surface area contributed by atoms with E-state index in [9.17, 15) is 15.2 Å². The third-order valence-electron chi connectivity index (χ3n) is 4.13. The van der Waals surface area contributed by atoms with E-state index in [1.807, 2.05) is 23.6 Å². The molecule has 3 rings (SSSR count). The van der Waals surface area contributed by atoms with Gasteiger partial charge in [-0.25, -0.2) is 4.98 Å². The third-order valence-corrected chi connectivity index (χ3v) is 5.35. The largest absolute Gasteiger partial charge is 0.508 e. The number of allylic oxidation sites excluding steroid dienone is 1. The molecule has 1 heterocycles. The van der Waals surface area contributed by atoms with Crippen molar-refractivity contribution < 1.29 is 10.0 Å². The van der Waals surface area contributed by atoms with Crippen LogP contribution in [0.5, 0.6) is 0 Å². The van der Waals surface area contributed by atoms with Crippen molar-refractivity contribution in [2.45, 2.75) is 0 Å². The normalized spacial score (nSPS) is 10.5. The highest BCUT2D eigenvalue weighted by molar-refractivity contribution is 7.13. The van der Waals surface area contributed by atoms with E-state index in [0.717, 1.165) is 16.8 Å². The molecule has 0 aliphatic heterocycles. The van der Waals surface area contributed by atoms with Crippen LogP contribution in [0.1, 0.15) is 11.1 Å². The van der Waals surface area contributed by atoms with Gasteiger partial charge in [-0.05, 0) is 24.3 Å². The number of benzene rings is 2. The molecule has 0 aliphatic carbocycles. The van der Waals surface area contributed by atoms with E-state index < -0.39 is 4.92 Å². The Bertz CT molecular complexity index is 1130. The van der Waals surface area contributed by atoms with Crippen LogP contribution in [0.2, 0.25) is 5.02 Å². The Labute approximate surface area is 170 Å². The first-order chi connectivity index (χ1) is 13.3. The summed E-state index contributed by atoms with van der Waals surface area (Å²) in [5.74, 6) is -0.225. The number of nitrogens with zero attached hydrogens (tertiary/aromatic N) is 2. The van der Waals surface area contributed by atoms with Crippen molar-refractivity contribution in [3.8, 4) is 21.8 Å². The minimum atomic E-state index is -0.614. The number of nitro groups is 1. The van der Waals surface area contributed by atoms with Crippen molar-refractivity contribution in [1.29, 1.82) is 0 Å². The number of hydrogen-bond donors (Lipinski definition) is 1. The molecular formula is C21H15ClN2O3S. The maximum Gasteiger partial charge on any atom is 0.269 e. The van der Waals surface area contributed by atoms with Crippen LogP contribution in [0.3, 0.4) is 0 Å². The fourth-order valence-corrected chi connectivity index (χ4v) is 3.69. The van der Waals surface area contributed by atoms with Gasteiger partial charge in [-0.15, -0.1) is 11.3 Å². The van der Waals surface area contributed by atoms with Crippen LogP contribution < -0.4 is 0 Å². The van der Waals surface area contributed by atoms with Gasteiger partial charge in [-0.1, -0.05) is 55.1 Å². The van der Waals surface area contributed by atoms with Gasteiger partial charge in [0, 0.05) is 27.1 Å². The van der Waals surface area contributed by atoms with Crippen LogP contribution in [0.25, 0.3) is 33.2 Å². The molecule has 0 saturated heterocycles. The molecule has 140 valence electrons. The zero-order chi connectivity index (χ0) is 20.4. The van der Waals surface area contributed by atoms with Crippen molar-refractivity contribution in [2.24, 2.45) is 0 Å². The number of aliphatic hydroxyl groups is 1. The van der Waals surface area contributed by atoms with Crippen LogP contribution in [0.4, 0.5) is 0 Å². The van der Waals surface area contributed by atoms with Crippen molar-refractivity contribution in [2.75, 3.05) is 0 Å². The summed E-state index contributed by atoms with van der Waals surface area (Å²) in [6.07, 6.45) is 0. The monoisotopic (exact) mass is 410 g/mol. The quantitative estimate of drug-likeness (QED) is 0.219. The predicted octanol–water partition coefficient (Wildman–Crippen LogP) is 6.46. The Morgan fingerprint density at radius 3 is 2.50 bits per heavy atom. The van der Waals surface area contributed by atoms with Gasteiger partial charge in [0.1, 0.15) is 10.8 Å². The minimum Gasteiger partial charge on any atom is -0.508 e. The molecule has 0 atom stereocenters. The molecule has 28 heavy (non-hydrogen) atoms. The first-order valence-corrected chi connectivity index (χ1v) is 9.31. The molecule has 3 aromatic rings. The standard InChI is InChI=1S/C21H15ClN2O3S/c1-12(13(2)24(26)27)16-9-8-15(10-18(16)14(3)25)21-23-20(11-28-21)17-6-4-5-7-19(17)22/h4-11,25H,1-3H2. The third kappa shape index (κ3) is 3.74. The van der Waals surface area contributed by atoms with Crippen molar-refractivity contribution in [3.63, 3.8) is 0 Å². The van der Waals surface area contributed by atoms with Gasteiger partial charge >= 0.3 is 0 Å². The summed E-state index contributed by atoms with van der Waals surface area (Å²) in [6.45, 7) is 10.7. The molecule has 0 bridgehead atoms. The fraction of sp³-hybridized carbons (Fsp3) is 0. The van der Waals surface area contributed by atoms with E-state index in [1.54, 1.807) is 24.3 Å². The number of aromatic nitrogens is 1. The SMILES string of the molecule is C=C(O)c1cc(-c2nc(-c3ccccc3Cl)cs2)ccc1C(=C)C(=C)[N+](=O)[O-]. The summed E-state index contributed by atoms with van der Waals surface area (Å²) >= 11 is 7.66. The van der Waals surface area contributed by atoms with Crippen molar-refractivity contribution in [1.82, 2.24) is 4.98 Å².